The van der Waals surface area contributed by atoms with E-state index in [1.165, 1.54) is 4.90 Å². The lowest BCUT2D eigenvalue weighted by atomic mass is 9.88. The average molecular weight is 385 g/mol. The second-order valence-corrected chi connectivity index (χ2v) is 8.17. The van der Waals surface area contributed by atoms with E-state index in [-0.39, 0.29) is 36.9 Å². The molecule has 1 aromatic carbocycles. The highest BCUT2D eigenvalue weighted by Gasteiger charge is 2.39. The molecular formula is C18H22Cl2N2O3. The zero-order valence-electron chi connectivity index (χ0n) is 14.5. The molecular weight excluding hydrogens is 363 g/mol. The Morgan fingerprint density at radius 1 is 1.36 bits per heavy atom. The molecule has 1 N–H and O–H groups in total. The number of carbonyl (C=O) groups is 1. The molecule has 7 heteroatoms. The van der Waals surface area contributed by atoms with Crippen LogP contribution in [0.2, 0.25) is 10.0 Å². The first kappa shape index (κ1) is 19.8. The van der Waals surface area contributed by atoms with E-state index in [0.29, 0.717) is 10.0 Å². The van der Waals surface area contributed by atoms with E-state index in [9.17, 15) is 15.2 Å². The molecule has 1 fully saturated rings. The van der Waals surface area contributed by atoms with Crippen LogP contribution in [0.3, 0.4) is 0 Å². The SMILES string of the molecule is CC(C)(C)C1CN(C(=O)O)CC(c2ccc(Cl)c(Cl)c2)C(CC#N)O1. The smallest absolute Gasteiger partial charge is 0.407 e. The van der Waals surface area contributed by atoms with E-state index < -0.39 is 12.2 Å². The summed E-state index contributed by atoms with van der Waals surface area (Å²) in [6.45, 7) is 6.51. The van der Waals surface area contributed by atoms with Crippen molar-refractivity contribution in [2.45, 2.75) is 45.3 Å². The average Bonchev–Trinajstić information content (AvgIpc) is 2.70. The van der Waals surface area contributed by atoms with Crippen molar-refractivity contribution in [1.29, 1.82) is 5.26 Å². The van der Waals surface area contributed by atoms with E-state index in [0.717, 1.165) is 5.56 Å². The number of benzene rings is 1. The largest absolute Gasteiger partial charge is 0.465 e. The van der Waals surface area contributed by atoms with Gasteiger partial charge < -0.3 is 14.7 Å². The molecule has 2 rings (SSSR count). The number of halogens is 2. The third-order valence-corrected chi connectivity index (χ3v) is 5.23. The van der Waals surface area contributed by atoms with Gasteiger partial charge in [-0.05, 0) is 23.1 Å². The fourth-order valence-corrected chi connectivity index (χ4v) is 3.26. The molecule has 0 radical (unpaired) electrons. The first-order valence-corrected chi connectivity index (χ1v) is 8.84. The van der Waals surface area contributed by atoms with E-state index >= 15 is 0 Å². The highest BCUT2D eigenvalue weighted by atomic mass is 35.5. The number of ether oxygens (including phenoxy) is 1. The van der Waals surface area contributed by atoms with Crippen LogP contribution in [-0.2, 0) is 4.74 Å². The van der Waals surface area contributed by atoms with E-state index in [2.05, 4.69) is 6.07 Å². The van der Waals surface area contributed by atoms with Crippen molar-refractivity contribution >= 4 is 29.3 Å². The van der Waals surface area contributed by atoms with Gasteiger partial charge in [0.1, 0.15) is 0 Å². The van der Waals surface area contributed by atoms with Crippen LogP contribution in [0.25, 0.3) is 0 Å². The van der Waals surface area contributed by atoms with Crippen molar-refractivity contribution in [2.75, 3.05) is 13.1 Å². The van der Waals surface area contributed by atoms with Gasteiger partial charge in [-0.15, -0.1) is 0 Å². The Morgan fingerprint density at radius 3 is 2.56 bits per heavy atom. The van der Waals surface area contributed by atoms with E-state index in [1.807, 2.05) is 26.8 Å². The maximum absolute atomic E-state index is 11.7. The van der Waals surface area contributed by atoms with Crippen molar-refractivity contribution in [3.63, 3.8) is 0 Å². The standard InChI is InChI=1S/C18H22Cl2N2O3/c1-18(2,3)16-10-22(17(23)24)9-12(15(25-16)6-7-21)11-4-5-13(19)14(20)8-11/h4-5,8,12,15-16H,6,9-10H2,1-3H3,(H,23,24). The van der Waals surface area contributed by atoms with Gasteiger partial charge in [0, 0.05) is 12.5 Å². The molecule has 1 amide bonds. The van der Waals surface area contributed by atoms with Crippen LogP contribution in [0, 0.1) is 16.7 Å². The number of carboxylic acid groups (broad SMARTS) is 1. The molecule has 3 unspecified atom stereocenters. The molecule has 25 heavy (non-hydrogen) atoms. The predicted molar refractivity (Wildman–Crippen MR) is 97.1 cm³/mol. The van der Waals surface area contributed by atoms with Crippen LogP contribution in [-0.4, -0.2) is 41.4 Å². The van der Waals surface area contributed by atoms with Gasteiger partial charge in [0.15, 0.2) is 0 Å². The molecule has 5 nitrogen and oxygen atoms in total. The summed E-state index contributed by atoms with van der Waals surface area (Å²) < 4.78 is 6.23. The molecule has 0 saturated carbocycles. The molecule has 1 aromatic rings. The van der Waals surface area contributed by atoms with Gasteiger partial charge in [0.25, 0.3) is 0 Å². The number of rotatable bonds is 2. The molecule has 0 bridgehead atoms. The lowest BCUT2D eigenvalue weighted by Gasteiger charge is -2.33. The van der Waals surface area contributed by atoms with Crippen molar-refractivity contribution in [2.24, 2.45) is 5.41 Å². The van der Waals surface area contributed by atoms with Crippen LogP contribution in [0.1, 0.15) is 38.7 Å². The van der Waals surface area contributed by atoms with Crippen LogP contribution in [0.4, 0.5) is 4.79 Å². The summed E-state index contributed by atoms with van der Waals surface area (Å²) in [5.41, 5.74) is 0.559. The van der Waals surface area contributed by atoms with Crippen LogP contribution < -0.4 is 0 Å². The normalized spacial score (nSPS) is 24.5. The minimum absolute atomic E-state index is 0.172. The highest BCUT2D eigenvalue weighted by Crippen LogP contribution is 2.36. The Hall–Kier alpha value is -1.48. The zero-order valence-corrected chi connectivity index (χ0v) is 16.0. The van der Waals surface area contributed by atoms with Gasteiger partial charge >= 0.3 is 6.09 Å². The third-order valence-electron chi connectivity index (χ3n) is 4.49. The maximum Gasteiger partial charge on any atom is 0.407 e. The molecule has 136 valence electrons. The Labute approximate surface area is 158 Å². The molecule has 1 saturated heterocycles. The van der Waals surface area contributed by atoms with Crippen molar-refractivity contribution in [3.8, 4) is 6.07 Å². The Balaban J connectivity index is 2.45. The summed E-state index contributed by atoms with van der Waals surface area (Å²) in [6, 6.07) is 7.37. The zero-order chi connectivity index (χ0) is 18.8. The van der Waals surface area contributed by atoms with Gasteiger partial charge in [-0.2, -0.15) is 5.26 Å². The first-order chi connectivity index (χ1) is 11.6. The number of hydrogen-bond donors (Lipinski definition) is 1. The van der Waals surface area contributed by atoms with E-state index in [1.54, 1.807) is 12.1 Å². The lowest BCUT2D eigenvalue weighted by Crippen LogP contribution is -2.42. The minimum atomic E-state index is -1.000. The van der Waals surface area contributed by atoms with Crippen LogP contribution in [0.15, 0.2) is 18.2 Å². The number of nitriles is 1. The van der Waals surface area contributed by atoms with Gasteiger partial charge in [-0.3, -0.25) is 0 Å². The highest BCUT2D eigenvalue weighted by molar-refractivity contribution is 6.42. The molecule has 3 atom stereocenters. The molecule has 1 aliphatic heterocycles. The summed E-state index contributed by atoms with van der Waals surface area (Å²) in [5, 5.41) is 19.6. The predicted octanol–water partition coefficient (Wildman–Crippen LogP) is 4.78. The second kappa shape index (κ2) is 7.82. The summed E-state index contributed by atoms with van der Waals surface area (Å²) >= 11 is 12.1. The fourth-order valence-electron chi connectivity index (χ4n) is 2.96. The Morgan fingerprint density at radius 2 is 2.04 bits per heavy atom. The summed E-state index contributed by atoms with van der Waals surface area (Å²) in [7, 11) is 0. The monoisotopic (exact) mass is 384 g/mol. The lowest BCUT2D eigenvalue weighted by molar-refractivity contribution is -0.0638. The molecule has 0 aromatic heterocycles. The quantitative estimate of drug-likeness (QED) is 0.795. The molecule has 0 aliphatic carbocycles. The van der Waals surface area contributed by atoms with Gasteiger partial charge in [-0.1, -0.05) is 50.0 Å². The number of amides is 1. The Bertz CT molecular complexity index is 682. The Kier molecular flexibility index (Phi) is 6.21. The van der Waals surface area contributed by atoms with Crippen LogP contribution in [0.5, 0.6) is 0 Å². The second-order valence-electron chi connectivity index (χ2n) is 7.36. The van der Waals surface area contributed by atoms with Crippen molar-refractivity contribution < 1.29 is 14.6 Å². The third kappa shape index (κ3) is 4.78. The van der Waals surface area contributed by atoms with E-state index in [4.69, 9.17) is 27.9 Å². The van der Waals surface area contributed by atoms with Crippen LogP contribution >= 0.6 is 23.2 Å². The van der Waals surface area contributed by atoms with Crippen molar-refractivity contribution in [1.82, 2.24) is 4.90 Å². The summed E-state index contributed by atoms with van der Waals surface area (Å²) in [4.78, 5) is 13.1. The van der Waals surface area contributed by atoms with Gasteiger partial charge in [-0.25, -0.2) is 4.79 Å². The first-order valence-electron chi connectivity index (χ1n) is 8.08. The minimum Gasteiger partial charge on any atom is -0.465 e. The summed E-state index contributed by atoms with van der Waals surface area (Å²) in [5.74, 6) is -0.294. The summed E-state index contributed by atoms with van der Waals surface area (Å²) in [6.07, 6.45) is -1.56. The molecule has 0 spiro atoms. The fraction of sp³-hybridized carbons (Fsp3) is 0.556. The maximum atomic E-state index is 11.7. The topological polar surface area (TPSA) is 73.6 Å². The van der Waals surface area contributed by atoms with Crippen molar-refractivity contribution in [3.05, 3.63) is 33.8 Å². The molecule has 1 aliphatic rings. The van der Waals surface area contributed by atoms with Gasteiger partial charge in [0.2, 0.25) is 0 Å². The number of hydrogen-bond acceptors (Lipinski definition) is 3. The van der Waals surface area contributed by atoms with Gasteiger partial charge in [0.05, 0.1) is 41.3 Å². The molecule has 1 heterocycles. The number of nitrogens with zero attached hydrogens (tertiary/aromatic N) is 2.